The summed E-state index contributed by atoms with van der Waals surface area (Å²) < 4.78 is 17.8. The molecule has 0 aromatic heterocycles. The summed E-state index contributed by atoms with van der Waals surface area (Å²) in [7, 11) is -2.75. The van der Waals surface area contributed by atoms with Crippen LogP contribution in [-0.2, 0) is 19.7 Å². The van der Waals surface area contributed by atoms with Crippen molar-refractivity contribution in [3.8, 4) is 0 Å². The van der Waals surface area contributed by atoms with Crippen LogP contribution in [0.3, 0.4) is 0 Å². The maximum Gasteiger partial charge on any atom is 0.537 e. The van der Waals surface area contributed by atoms with E-state index in [0.717, 1.165) is 11.6 Å². The fraction of sp³-hybridized carbons (Fsp3) is 0.600. The molecule has 0 aliphatic rings. The lowest BCUT2D eigenvalue weighted by Gasteiger charge is -2.29. The van der Waals surface area contributed by atoms with Gasteiger partial charge in [0.15, 0.2) is 0 Å². The number of hydrogen-bond donors (Lipinski definition) is 0. The molecule has 0 bridgehead atoms. The van der Waals surface area contributed by atoms with Gasteiger partial charge in [-0.05, 0) is 39.7 Å². The highest BCUT2D eigenvalue weighted by atomic mass is 28.4. The van der Waals surface area contributed by atoms with E-state index in [4.69, 9.17) is 13.3 Å². The van der Waals surface area contributed by atoms with E-state index < -0.39 is 8.80 Å². The Bertz CT molecular complexity index is 376. The molecule has 0 unspecified atom stereocenters. The van der Waals surface area contributed by atoms with Crippen molar-refractivity contribution < 1.29 is 13.3 Å². The van der Waals surface area contributed by atoms with Crippen molar-refractivity contribution in [3.63, 3.8) is 0 Å². The van der Waals surface area contributed by atoms with Crippen LogP contribution in [0.2, 0.25) is 0 Å². The third-order valence-electron chi connectivity index (χ3n) is 2.90. The summed E-state index contributed by atoms with van der Waals surface area (Å²) in [5.74, 6) is 0. The predicted molar refractivity (Wildman–Crippen MR) is 80.8 cm³/mol. The predicted octanol–water partition coefficient (Wildman–Crippen LogP) is 2.81. The molecule has 0 fully saturated rings. The average Bonchev–Trinajstić information content (AvgIpc) is 2.38. The van der Waals surface area contributed by atoms with E-state index in [2.05, 4.69) is 32.0 Å². The first kappa shape index (κ1) is 16.4. The van der Waals surface area contributed by atoms with Crippen LogP contribution in [0.15, 0.2) is 18.2 Å². The SMILES string of the molecule is CCO[Si](OCC)(OCC)c1cc(C)cc(CC)c1. The third kappa shape index (κ3) is 4.14. The Morgan fingerprint density at radius 2 is 1.37 bits per heavy atom. The van der Waals surface area contributed by atoms with Gasteiger partial charge in [-0.1, -0.05) is 30.7 Å². The average molecular weight is 282 g/mol. The minimum Gasteiger partial charge on any atom is -0.370 e. The smallest absolute Gasteiger partial charge is 0.370 e. The van der Waals surface area contributed by atoms with Crippen molar-refractivity contribution in [1.82, 2.24) is 0 Å². The minimum absolute atomic E-state index is 0.599. The van der Waals surface area contributed by atoms with E-state index in [0.29, 0.717) is 19.8 Å². The molecule has 108 valence electrons. The maximum atomic E-state index is 5.95. The number of benzene rings is 1. The standard InChI is InChI=1S/C15H26O3Si/c1-6-14-10-13(5)11-15(12-14)19(16-7-2,17-8-3)18-9-4/h10-12H,6-9H2,1-5H3. The Morgan fingerprint density at radius 1 is 0.842 bits per heavy atom. The van der Waals surface area contributed by atoms with E-state index in [-0.39, 0.29) is 0 Å². The lowest BCUT2D eigenvalue weighted by atomic mass is 10.1. The molecule has 0 saturated carbocycles. The van der Waals surface area contributed by atoms with Gasteiger partial charge in [0.25, 0.3) is 0 Å². The highest BCUT2D eigenvalue weighted by Crippen LogP contribution is 2.14. The van der Waals surface area contributed by atoms with Crippen LogP contribution in [0, 0.1) is 6.92 Å². The van der Waals surface area contributed by atoms with Gasteiger partial charge >= 0.3 is 8.80 Å². The van der Waals surface area contributed by atoms with Gasteiger partial charge in [0, 0.05) is 25.0 Å². The van der Waals surface area contributed by atoms with E-state index >= 15 is 0 Å². The second-order valence-corrected chi connectivity index (χ2v) is 6.97. The Balaban J connectivity index is 3.24. The monoisotopic (exact) mass is 282 g/mol. The molecule has 3 nitrogen and oxygen atoms in total. The molecular weight excluding hydrogens is 256 g/mol. The van der Waals surface area contributed by atoms with Crippen LogP contribution in [0.4, 0.5) is 0 Å². The Kier molecular flexibility index (Phi) is 6.72. The zero-order valence-electron chi connectivity index (χ0n) is 12.8. The summed E-state index contributed by atoms with van der Waals surface area (Å²) in [6.45, 7) is 12.0. The van der Waals surface area contributed by atoms with Crippen LogP contribution < -0.4 is 5.19 Å². The fourth-order valence-electron chi connectivity index (χ4n) is 2.19. The van der Waals surface area contributed by atoms with E-state index in [1.165, 1.54) is 11.1 Å². The zero-order chi connectivity index (χ0) is 14.3. The van der Waals surface area contributed by atoms with Gasteiger partial charge in [0.2, 0.25) is 0 Å². The van der Waals surface area contributed by atoms with E-state index in [1.54, 1.807) is 0 Å². The quantitative estimate of drug-likeness (QED) is 0.686. The molecular formula is C15H26O3Si. The van der Waals surface area contributed by atoms with Gasteiger partial charge in [-0.2, -0.15) is 0 Å². The Morgan fingerprint density at radius 3 is 1.79 bits per heavy atom. The molecule has 0 amide bonds. The highest BCUT2D eigenvalue weighted by Gasteiger charge is 2.43. The van der Waals surface area contributed by atoms with Crippen molar-refractivity contribution in [1.29, 1.82) is 0 Å². The molecule has 0 radical (unpaired) electrons. The molecule has 1 aromatic carbocycles. The molecule has 0 spiro atoms. The van der Waals surface area contributed by atoms with Crippen LogP contribution in [0.25, 0.3) is 0 Å². The fourth-order valence-corrected chi connectivity index (χ4v) is 4.85. The topological polar surface area (TPSA) is 27.7 Å². The first-order valence-corrected chi connectivity index (χ1v) is 8.87. The molecule has 0 aliphatic carbocycles. The van der Waals surface area contributed by atoms with Crippen LogP contribution in [-0.4, -0.2) is 28.6 Å². The molecule has 1 aromatic rings. The minimum atomic E-state index is -2.75. The third-order valence-corrected chi connectivity index (χ3v) is 5.90. The number of hydrogen-bond acceptors (Lipinski definition) is 3. The summed E-state index contributed by atoms with van der Waals surface area (Å²) in [5.41, 5.74) is 2.52. The largest absolute Gasteiger partial charge is 0.537 e. The summed E-state index contributed by atoms with van der Waals surface area (Å²) in [6.07, 6.45) is 1.00. The highest BCUT2D eigenvalue weighted by molar-refractivity contribution is 6.75. The van der Waals surface area contributed by atoms with Crippen molar-refractivity contribution in [3.05, 3.63) is 29.3 Å². The van der Waals surface area contributed by atoms with Crippen LogP contribution >= 0.6 is 0 Å². The van der Waals surface area contributed by atoms with Gasteiger partial charge in [0.1, 0.15) is 0 Å². The maximum absolute atomic E-state index is 5.95. The molecule has 19 heavy (non-hydrogen) atoms. The zero-order valence-corrected chi connectivity index (χ0v) is 13.8. The van der Waals surface area contributed by atoms with Crippen molar-refractivity contribution in [2.45, 2.75) is 41.0 Å². The molecule has 0 N–H and O–H groups in total. The van der Waals surface area contributed by atoms with E-state index in [9.17, 15) is 0 Å². The molecule has 4 heteroatoms. The lowest BCUT2D eigenvalue weighted by molar-refractivity contribution is 0.0859. The number of aryl methyl sites for hydroxylation is 2. The summed E-state index contributed by atoms with van der Waals surface area (Å²) in [4.78, 5) is 0. The van der Waals surface area contributed by atoms with Crippen molar-refractivity contribution in [2.24, 2.45) is 0 Å². The molecule has 0 atom stereocenters. The van der Waals surface area contributed by atoms with Gasteiger partial charge in [-0.15, -0.1) is 0 Å². The molecule has 0 heterocycles. The molecule has 1 rings (SSSR count). The summed E-state index contributed by atoms with van der Waals surface area (Å²) in [5, 5.41) is 1.08. The second kappa shape index (κ2) is 7.80. The molecule has 0 saturated heterocycles. The first-order chi connectivity index (χ1) is 9.11. The first-order valence-electron chi connectivity index (χ1n) is 7.14. The second-order valence-electron chi connectivity index (χ2n) is 4.42. The van der Waals surface area contributed by atoms with Crippen LogP contribution in [0.1, 0.15) is 38.8 Å². The Hall–Kier alpha value is -0.683. The van der Waals surface area contributed by atoms with Gasteiger partial charge < -0.3 is 13.3 Å². The lowest BCUT2D eigenvalue weighted by Crippen LogP contribution is -2.57. The van der Waals surface area contributed by atoms with E-state index in [1.807, 2.05) is 20.8 Å². The van der Waals surface area contributed by atoms with Gasteiger partial charge in [-0.25, -0.2) is 0 Å². The van der Waals surface area contributed by atoms with Gasteiger partial charge in [-0.3, -0.25) is 0 Å². The van der Waals surface area contributed by atoms with Crippen molar-refractivity contribution in [2.75, 3.05) is 19.8 Å². The van der Waals surface area contributed by atoms with Crippen molar-refractivity contribution >= 4 is 14.0 Å². The normalized spacial score (nSPS) is 11.8. The summed E-state index contributed by atoms with van der Waals surface area (Å²) in [6, 6.07) is 6.50. The summed E-state index contributed by atoms with van der Waals surface area (Å²) >= 11 is 0. The van der Waals surface area contributed by atoms with Gasteiger partial charge in [0.05, 0.1) is 0 Å². The Labute approximate surface area is 118 Å². The number of rotatable bonds is 8. The van der Waals surface area contributed by atoms with Crippen LogP contribution in [0.5, 0.6) is 0 Å². The molecule has 0 aliphatic heterocycles.